The van der Waals surface area contributed by atoms with E-state index in [1.54, 1.807) is 0 Å². The number of benzene rings is 1. The fourth-order valence-corrected chi connectivity index (χ4v) is 1.43. The van der Waals surface area contributed by atoms with Gasteiger partial charge in [0.15, 0.2) is 0 Å². The lowest BCUT2D eigenvalue weighted by Gasteiger charge is -2.14. The van der Waals surface area contributed by atoms with Crippen molar-refractivity contribution in [3.8, 4) is 0 Å². The third-order valence-corrected chi connectivity index (χ3v) is 2.35. The van der Waals surface area contributed by atoms with Gasteiger partial charge in [0.05, 0.1) is 6.42 Å². The summed E-state index contributed by atoms with van der Waals surface area (Å²) in [7, 11) is 0. The number of nitrogens with one attached hydrogen (secondary N) is 1. The monoisotopic (exact) mass is 207 g/mol. The Morgan fingerprint density at radius 3 is 2.60 bits per heavy atom. The summed E-state index contributed by atoms with van der Waals surface area (Å²) in [5.74, 6) is -0.748. The van der Waals surface area contributed by atoms with Gasteiger partial charge in [0, 0.05) is 12.6 Å². The first-order valence-electron chi connectivity index (χ1n) is 5.21. The first kappa shape index (κ1) is 11.7. The molecular formula is C12H17NO2. The number of carboxylic acid groups (broad SMARTS) is 1. The van der Waals surface area contributed by atoms with Gasteiger partial charge < -0.3 is 10.4 Å². The summed E-state index contributed by atoms with van der Waals surface area (Å²) in [5, 5.41) is 11.9. The maximum Gasteiger partial charge on any atom is 0.304 e. The van der Waals surface area contributed by atoms with Gasteiger partial charge in [0.1, 0.15) is 0 Å². The molecule has 0 aliphatic carbocycles. The summed E-state index contributed by atoms with van der Waals surface area (Å²) < 4.78 is 0. The number of rotatable bonds is 6. The minimum atomic E-state index is -0.748. The van der Waals surface area contributed by atoms with E-state index >= 15 is 0 Å². The van der Waals surface area contributed by atoms with E-state index in [1.807, 2.05) is 37.3 Å². The lowest BCUT2D eigenvalue weighted by atomic mass is 10.1. The van der Waals surface area contributed by atoms with Crippen molar-refractivity contribution in [2.45, 2.75) is 32.4 Å². The molecule has 0 unspecified atom stereocenters. The summed E-state index contributed by atoms with van der Waals surface area (Å²) in [4.78, 5) is 10.5. The SMILES string of the molecule is CC[C@H](CC(=O)O)NCc1ccccc1. The second-order valence-electron chi connectivity index (χ2n) is 3.57. The van der Waals surface area contributed by atoms with Crippen LogP contribution in [-0.2, 0) is 11.3 Å². The molecule has 1 aromatic rings. The zero-order valence-corrected chi connectivity index (χ0v) is 8.94. The number of aliphatic carboxylic acids is 1. The van der Waals surface area contributed by atoms with E-state index in [-0.39, 0.29) is 12.5 Å². The molecule has 82 valence electrons. The van der Waals surface area contributed by atoms with E-state index < -0.39 is 5.97 Å². The highest BCUT2D eigenvalue weighted by Crippen LogP contribution is 2.02. The summed E-state index contributed by atoms with van der Waals surface area (Å²) in [6.07, 6.45) is 1.02. The van der Waals surface area contributed by atoms with Crippen molar-refractivity contribution in [2.24, 2.45) is 0 Å². The zero-order valence-electron chi connectivity index (χ0n) is 8.94. The lowest BCUT2D eigenvalue weighted by molar-refractivity contribution is -0.137. The van der Waals surface area contributed by atoms with Crippen molar-refractivity contribution in [2.75, 3.05) is 0 Å². The molecule has 0 aliphatic rings. The Hall–Kier alpha value is -1.35. The van der Waals surface area contributed by atoms with Crippen molar-refractivity contribution < 1.29 is 9.90 Å². The van der Waals surface area contributed by atoms with Gasteiger partial charge in [-0.1, -0.05) is 37.3 Å². The number of hydrogen-bond acceptors (Lipinski definition) is 2. The van der Waals surface area contributed by atoms with Crippen LogP contribution in [0.15, 0.2) is 30.3 Å². The van der Waals surface area contributed by atoms with E-state index in [9.17, 15) is 4.79 Å². The van der Waals surface area contributed by atoms with Crippen LogP contribution < -0.4 is 5.32 Å². The van der Waals surface area contributed by atoms with Crippen LogP contribution in [0.1, 0.15) is 25.3 Å². The Labute approximate surface area is 90.1 Å². The standard InChI is InChI=1S/C12H17NO2/c1-2-11(8-12(14)15)13-9-10-6-4-3-5-7-10/h3-7,11,13H,2,8-9H2,1H3,(H,14,15)/t11-/m1/s1. The third kappa shape index (κ3) is 4.61. The fraction of sp³-hybridized carbons (Fsp3) is 0.417. The maximum absolute atomic E-state index is 10.5. The van der Waals surface area contributed by atoms with E-state index in [4.69, 9.17) is 5.11 Å². The average molecular weight is 207 g/mol. The molecule has 1 atom stereocenters. The van der Waals surface area contributed by atoms with Crippen molar-refractivity contribution in [3.63, 3.8) is 0 Å². The second kappa shape index (κ2) is 6.19. The fourth-order valence-electron chi connectivity index (χ4n) is 1.43. The first-order chi connectivity index (χ1) is 7.22. The summed E-state index contributed by atoms with van der Waals surface area (Å²) in [5.41, 5.74) is 1.18. The second-order valence-corrected chi connectivity index (χ2v) is 3.57. The Balaban J connectivity index is 2.37. The van der Waals surface area contributed by atoms with Crippen LogP contribution in [0.3, 0.4) is 0 Å². The zero-order chi connectivity index (χ0) is 11.1. The molecule has 1 aromatic carbocycles. The van der Waals surface area contributed by atoms with Crippen molar-refractivity contribution in [3.05, 3.63) is 35.9 Å². The molecule has 0 fully saturated rings. The van der Waals surface area contributed by atoms with Crippen LogP contribution in [0.2, 0.25) is 0 Å². The van der Waals surface area contributed by atoms with E-state index in [0.29, 0.717) is 0 Å². The minimum Gasteiger partial charge on any atom is -0.481 e. The number of hydrogen-bond donors (Lipinski definition) is 2. The molecule has 0 bridgehead atoms. The molecule has 3 heteroatoms. The molecule has 1 rings (SSSR count). The van der Waals surface area contributed by atoms with Crippen LogP contribution in [0, 0.1) is 0 Å². The highest BCUT2D eigenvalue weighted by atomic mass is 16.4. The lowest BCUT2D eigenvalue weighted by Crippen LogP contribution is -2.30. The van der Waals surface area contributed by atoms with Crippen LogP contribution >= 0.6 is 0 Å². The Morgan fingerprint density at radius 2 is 2.07 bits per heavy atom. The molecule has 15 heavy (non-hydrogen) atoms. The Bertz CT molecular complexity index is 298. The van der Waals surface area contributed by atoms with E-state index in [1.165, 1.54) is 5.56 Å². The first-order valence-corrected chi connectivity index (χ1v) is 5.21. The molecule has 3 nitrogen and oxygen atoms in total. The van der Waals surface area contributed by atoms with Crippen LogP contribution in [-0.4, -0.2) is 17.1 Å². The van der Waals surface area contributed by atoms with Gasteiger partial charge in [-0.15, -0.1) is 0 Å². The highest BCUT2D eigenvalue weighted by Gasteiger charge is 2.09. The normalized spacial score (nSPS) is 12.3. The Kier molecular flexibility index (Phi) is 4.84. The van der Waals surface area contributed by atoms with Gasteiger partial charge in [-0.25, -0.2) is 0 Å². The number of carbonyl (C=O) groups is 1. The molecule has 0 saturated carbocycles. The summed E-state index contributed by atoms with van der Waals surface area (Å²) in [6, 6.07) is 10.0. The highest BCUT2D eigenvalue weighted by molar-refractivity contribution is 5.67. The molecule has 0 amide bonds. The number of carboxylic acids is 1. The predicted octanol–water partition coefficient (Wildman–Crippen LogP) is 2.03. The average Bonchev–Trinajstić information content (AvgIpc) is 2.25. The van der Waals surface area contributed by atoms with Crippen molar-refractivity contribution in [1.82, 2.24) is 5.32 Å². The van der Waals surface area contributed by atoms with E-state index in [2.05, 4.69) is 5.32 Å². The maximum atomic E-state index is 10.5. The molecule has 0 heterocycles. The largest absolute Gasteiger partial charge is 0.481 e. The molecule has 0 aromatic heterocycles. The third-order valence-electron chi connectivity index (χ3n) is 2.35. The molecule has 2 N–H and O–H groups in total. The van der Waals surface area contributed by atoms with Gasteiger partial charge in [-0.05, 0) is 12.0 Å². The minimum absolute atomic E-state index is 0.0581. The van der Waals surface area contributed by atoms with Crippen LogP contribution in [0.25, 0.3) is 0 Å². The summed E-state index contributed by atoms with van der Waals surface area (Å²) >= 11 is 0. The van der Waals surface area contributed by atoms with Crippen molar-refractivity contribution >= 4 is 5.97 Å². The molecule has 0 aliphatic heterocycles. The van der Waals surface area contributed by atoms with E-state index in [0.717, 1.165) is 13.0 Å². The smallest absolute Gasteiger partial charge is 0.304 e. The topological polar surface area (TPSA) is 49.3 Å². The van der Waals surface area contributed by atoms with Crippen LogP contribution in [0.5, 0.6) is 0 Å². The molecule has 0 radical (unpaired) electrons. The van der Waals surface area contributed by atoms with Gasteiger partial charge >= 0.3 is 5.97 Å². The van der Waals surface area contributed by atoms with Gasteiger partial charge in [0.25, 0.3) is 0 Å². The predicted molar refractivity (Wildman–Crippen MR) is 59.6 cm³/mol. The van der Waals surface area contributed by atoms with Crippen molar-refractivity contribution in [1.29, 1.82) is 0 Å². The van der Waals surface area contributed by atoms with Gasteiger partial charge in [-0.2, -0.15) is 0 Å². The Morgan fingerprint density at radius 1 is 1.40 bits per heavy atom. The molecule has 0 saturated heterocycles. The molecule has 0 spiro atoms. The quantitative estimate of drug-likeness (QED) is 0.750. The summed E-state index contributed by atoms with van der Waals surface area (Å²) in [6.45, 7) is 2.72. The van der Waals surface area contributed by atoms with Gasteiger partial charge in [0.2, 0.25) is 0 Å². The molecular weight excluding hydrogens is 190 g/mol. The van der Waals surface area contributed by atoms with Gasteiger partial charge in [-0.3, -0.25) is 4.79 Å². The van der Waals surface area contributed by atoms with Crippen LogP contribution in [0.4, 0.5) is 0 Å².